The lowest BCUT2D eigenvalue weighted by Crippen LogP contribution is -2.22. The summed E-state index contributed by atoms with van der Waals surface area (Å²) >= 11 is 3.36. The zero-order valence-corrected chi connectivity index (χ0v) is 10.8. The van der Waals surface area contributed by atoms with Gasteiger partial charge in [-0.05, 0) is 61.8 Å². The van der Waals surface area contributed by atoms with E-state index in [0.717, 1.165) is 35.2 Å². The Morgan fingerprint density at radius 2 is 2.19 bits per heavy atom. The summed E-state index contributed by atoms with van der Waals surface area (Å²) < 4.78 is 14.4. The van der Waals surface area contributed by atoms with Crippen molar-refractivity contribution < 1.29 is 4.39 Å². The second-order valence-electron chi connectivity index (χ2n) is 4.63. The molecule has 0 heterocycles. The van der Waals surface area contributed by atoms with E-state index in [2.05, 4.69) is 15.9 Å². The van der Waals surface area contributed by atoms with Crippen LogP contribution in [0.4, 0.5) is 4.39 Å². The molecule has 1 aromatic rings. The quantitative estimate of drug-likeness (QED) is 0.878. The number of hydrogen-bond donors (Lipinski definition) is 1. The van der Waals surface area contributed by atoms with E-state index in [1.807, 2.05) is 6.07 Å². The Kier molecular flexibility index (Phi) is 3.98. The highest BCUT2D eigenvalue weighted by Gasteiger charge is 2.27. The van der Waals surface area contributed by atoms with E-state index < -0.39 is 0 Å². The molecule has 1 saturated carbocycles. The molecule has 1 unspecified atom stereocenters. The van der Waals surface area contributed by atoms with Crippen LogP contribution in [0.5, 0.6) is 0 Å². The van der Waals surface area contributed by atoms with Gasteiger partial charge in [-0.1, -0.05) is 15.9 Å². The first-order chi connectivity index (χ1) is 7.66. The van der Waals surface area contributed by atoms with Gasteiger partial charge in [-0.25, -0.2) is 4.39 Å². The van der Waals surface area contributed by atoms with Crippen molar-refractivity contribution in [2.75, 3.05) is 0 Å². The highest BCUT2D eigenvalue weighted by molar-refractivity contribution is 9.10. The lowest BCUT2D eigenvalue weighted by atomic mass is 10.0. The fourth-order valence-corrected chi connectivity index (χ4v) is 2.43. The summed E-state index contributed by atoms with van der Waals surface area (Å²) in [6.07, 6.45) is 5.34. The lowest BCUT2D eigenvalue weighted by Gasteiger charge is -2.10. The summed E-state index contributed by atoms with van der Waals surface area (Å²) in [5.74, 6) is 0.635. The van der Waals surface area contributed by atoms with Crippen molar-refractivity contribution in [1.82, 2.24) is 0 Å². The second-order valence-corrected chi connectivity index (χ2v) is 5.54. The van der Waals surface area contributed by atoms with Gasteiger partial charge in [0.15, 0.2) is 0 Å². The van der Waals surface area contributed by atoms with Crippen molar-refractivity contribution in [3.05, 3.63) is 34.1 Å². The Morgan fingerprint density at radius 1 is 1.44 bits per heavy atom. The molecule has 0 saturated heterocycles. The highest BCUT2D eigenvalue weighted by Crippen LogP contribution is 2.33. The van der Waals surface area contributed by atoms with Crippen molar-refractivity contribution in [3.63, 3.8) is 0 Å². The Bertz CT molecular complexity index is 363. The Morgan fingerprint density at radius 3 is 2.88 bits per heavy atom. The molecule has 0 aliphatic heterocycles. The molecule has 1 aliphatic carbocycles. The normalized spacial score (nSPS) is 17.4. The maximum absolute atomic E-state index is 13.4. The van der Waals surface area contributed by atoms with Gasteiger partial charge in [0.25, 0.3) is 0 Å². The maximum Gasteiger partial charge on any atom is 0.126 e. The Hall–Kier alpha value is -0.410. The summed E-state index contributed by atoms with van der Waals surface area (Å²) in [7, 11) is 0. The van der Waals surface area contributed by atoms with Gasteiger partial charge in [-0.15, -0.1) is 0 Å². The van der Waals surface area contributed by atoms with Gasteiger partial charge in [0.05, 0.1) is 0 Å². The monoisotopic (exact) mass is 285 g/mol. The lowest BCUT2D eigenvalue weighted by molar-refractivity contribution is 0.521. The van der Waals surface area contributed by atoms with Crippen molar-refractivity contribution in [3.8, 4) is 0 Å². The smallest absolute Gasteiger partial charge is 0.126 e. The molecular formula is C13H17BrFN. The molecule has 0 spiro atoms. The maximum atomic E-state index is 13.4. The average Bonchev–Trinajstić information content (AvgIpc) is 3.06. The van der Waals surface area contributed by atoms with E-state index in [0.29, 0.717) is 6.04 Å². The van der Waals surface area contributed by atoms with E-state index in [1.165, 1.54) is 18.9 Å². The third kappa shape index (κ3) is 3.29. The molecule has 1 fully saturated rings. The molecular weight excluding hydrogens is 269 g/mol. The van der Waals surface area contributed by atoms with Crippen LogP contribution in [-0.4, -0.2) is 6.04 Å². The number of nitrogens with two attached hydrogens (primary N) is 1. The van der Waals surface area contributed by atoms with Crippen molar-refractivity contribution in [2.24, 2.45) is 11.7 Å². The first kappa shape index (κ1) is 12.1. The van der Waals surface area contributed by atoms with Crippen LogP contribution in [0.1, 0.15) is 31.2 Å². The molecule has 1 aromatic carbocycles. The number of halogens is 2. The van der Waals surface area contributed by atoms with Gasteiger partial charge in [0, 0.05) is 10.5 Å². The van der Waals surface area contributed by atoms with Crippen LogP contribution >= 0.6 is 15.9 Å². The summed E-state index contributed by atoms with van der Waals surface area (Å²) in [5, 5.41) is 0. The molecule has 2 rings (SSSR count). The third-order valence-electron chi connectivity index (χ3n) is 3.22. The van der Waals surface area contributed by atoms with Crippen LogP contribution < -0.4 is 5.73 Å². The minimum Gasteiger partial charge on any atom is -0.327 e. The van der Waals surface area contributed by atoms with Crippen LogP contribution in [-0.2, 0) is 6.42 Å². The Balaban J connectivity index is 1.81. The van der Waals surface area contributed by atoms with Crippen LogP contribution in [0.25, 0.3) is 0 Å². The fourth-order valence-electron chi connectivity index (χ4n) is 2.02. The summed E-state index contributed by atoms with van der Waals surface area (Å²) in [6.45, 7) is 0. The molecule has 2 N–H and O–H groups in total. The van der Waals surface area contributed by atoms with Crippen LogP contribution in [0, 0.1) is 11.7 Å². The third-order valence-corrected chi connectivity index (χ3v) is 3.71. The van der Waals surface area contributed by atoms with Gasteiger partial charge in [-0.2, -0.15) is 0 Å². The first-order valence-electron chi connectivity index (χ1n) is 5.86. The zero-order valence-electron chi connectivity index (χ0n) is 9.26. The number of aryl methyl sites for hydroxylation is 1. The molecule has 1 aliphatic rings. The van der Waals surface area contributed by atoms with E-state index >= 15 is 0 Å². The molecule has 3 heteroatoms. The Labute approximate surface area is 104 Å². The van der Waals surface area contributed by atoms with Crippen molar-refractivity contribution in [1.29, 1.82) is 0 Å². The van der Waals surface area contributed by atoms with E-state index in [-0.39, 0.29) is 5.82 Å². The summed E-state index contributed by atoms with van der Waals surface area (Å²) in [4.78, 5) is 0. The summed E-state index contributed by atoms with van der Waals surface area (Å²) in [6, 6.07) is 5.43. The van der Waals surface area contributed by atoms with E-state index in [9.17, 15) is 4.39 Å². The average molecular weight is 286 g/mol. The standard InChI is InChI=1S/C13H17BrFN/c14-11-6-7-12(15)10(8-11)2-1-3-13(16)9-4-5-9/h6-9,13H,1-5,16H2. The summed E-state index contributed by atoms with van der Waals surface area (Å²) in [5.41, 5.74) is 6.80. The highest BCUT2D eigenvalue weighted by atomic mass is 79.9. The molecule has 0 aromatic heterocycles. The number of benzene rings is 1. The van der Waals surface area contributed by atoms with Crippen LogP contribution in [0.2, 0.25) is 0 Å². The second kappa shape index (κ2) is 5.28. The molecule has 0 amide bonds. The van der Waals surface area contributed by atoms with E-state index in [1.54, 1.807) is 6.07 Å². The van der Waals surface area contributed by atoms with Gasteiger partial charge in [-0.3, -0.25) is 0 Å². The molecule has 1 nitrogen and oxygen atoms in total. The number of rotatable bonds is 5. The predicted octanol–water partition coefficient (Wildman–Crippen LogP) is 3.65. The minimum absolute atomic E-state index is 0.108. The van der Waals surface area contributed by atoms with Gasteiger partial charge >= 0.3 is 0 Å². The van der Waals surface area contributed by atoms with Crippen LogP contribution in [0.15, 0.2) is 22.7 Å². The van der Waals surface area contributed by atoms with Gasteiger partial charge < -0.3 is 5.73 Å². The predicted molar refractivity (Wildman–Crippen MR) is 67.7 cm³/mol. The largest absolute Gasteiger partial charge is 0.327 e. The minimum atomic E-state index is -0.108. The molecule has 16 heavy (non-hydrogen) atoms. The fraction of sp³-hybridized carbons (Fsp3) is 0.538. The topological polar surface area (TPSA) is 26.0 Å². The van der Waals surface area contributed by atoms with Gasteiger partial charge in [0.1, 0.15) is 5.82 Å². The van der Waals surface area contributed by atoms with Crippen molar-refractivity contribution >= 4 is 15.9 Å². The molecule has 0 bridgehead atoms. The number of hydrogen-bond acceptors (Lipinski definition) is 1. The SMILES string of the molecule is NC(CCCc1cc(Br)ccc1F)C1CC1. The molecule has 0 radical (unpaired) electrons. The van der Waals surface area contributed by atoms with Crippen molar-refractivity contribution in [2.45, 2.75) is 38.1 Å². The molecule has 88 valence electrons. The van der Waals surface area contributed by atoms with Gasteiger partial charge in [0.2, 0.25) is 0 Å². The van der Waals surface area contributed by atoms with E-state index in [4.69, 9.17) is 5.73 Å². The van der Waals surface area contributed by atoms with Crippen LogP contribution in [0.3, 0.4) is 0 Å². The first-order valence-corrected chi connectivity index (χ1v) is 6.65. The molecule has 1 atom stereocenters. The zero-order chi connectivity index (χ0) is 11.5.